The number of nitrogens with two attached hydrogens (primary N) is 1. The van der Waals surface area contributed by atoms with Crippen molar-refractivity contribution in [2.45, 2.75) is 13.0 Å². The average molecular weight is 292 g/mol. The smallest absolute Gasteiger partial charge is 0.270 e. The molecule has 1 aliphatic rings. The Morgan fingerprint density at radius 2 is 2.19 bits per heavy atom. The molecule has 0 aromatic heterocycles. The predicted molar refractivity (Wildman–Crippen MR) is 74.7 cm³/mol. The third-order valence-electron chi connectivity index (χ3n) is 3.50. The fourth-order valence-electron chi connectivity index (χ4n) is 2.31. The van der Waals surface area contributed by atoms with Crippen LogP contribution in [0.2, 0.25) is 0 Å². The van der Waals surface area contributed by atoms with Gasteiger partial charge in [0.05, 0.1) is 4.92 Å². The summed E-state index contributed by atoms with van der Waals surface area (Å²) in [5.74, 6) is -1.01. The molecule has 3 N–H and O–H groups in total. The number of carbonyl (C=O) groups is 2. The fourth-order valence-corrected chi connectivity index (χ4v) is 2.31. The van der Waals surface area contributed by atoms with Gasteiger partial charge in [-0.2, -0.15) is 0 Å². The molecule has 1 atom stereocenters. The highest BCUT2D eigenvalue weighted by Gasteiger charge is 2.32. The zero-order valence-electron chi connectivity index (χ0n) is 11.5. The molecule has 1 aliphatic heterocycles. The SMILES string of the molecule is Cc1ccc([N+](=O)[O-])cc1C(=O)N1CCNCC1C(N)=O. The van der Waals surface area contributed by atoms with Gasteiger partial charge in [-0.25, -0.2) is 0 Å². The van der Waals surface area contributed by atoms with Gasteiger partial charge >= 0.3 is 0 Å². The molecule has 8 heteroatoms. The summed E-state index contributed by atoms with van der Waals surface area (Å²) >= 11 is 0. The fraction of sp³-hybridized carbons (Fsp3) is 0.385. The van der Waals surface area contributed by atoms with Gasteiger partial charge in [0.2, 0.25) is 5.91 Å². The van der Waals surface area contributed by atoms with Crippen LogP contribution in [-0.4, -0.2) is 47.3 Å². The third kappa shape index (κ3) is 3.00. The summed E-state index contributed by atoms with van der Waals surface area (Å²) in [6, 6.07) is 3.35. The van der Waals surface area contributed by atoms with Crippen LogP contribution < -0.4 is 11.1 Å². The number of non-ortho nitro benzene ring substituents is 1. The lowest BCUT2D eigenvalue weighted by Gasteiger charge is -2.34. The number of amides is 2. The summed E-state index contributed by atoms with van der Waals surface area (Å²) in [6.07, 6.45) is 0. The van der Waals surface area contributed by atoms with Crippen LogP contribution in [-0.2, 0) is 4.79 Å². The summed E-state index contributed by atoms with van der Waals surface area (Å²) in [6.45, 7) is 2.85. The minimum absolute atomic E-state index is 0.158. The van der Waals surface area contributed by atoms with Gasteiger partial charge in [-0.1, -0.05) is 6.07 Å². The van der Waals surface area contributed by atoms with Gasteiger partial charge in [-0.15, -0.1) is 0 Å². The largest absolute Gasteiger partial charge is 0.368 e. The third-order valence-corrected chi connectivity index (χ3v) is 3.50. The van der Waals surface area contributed by atoms with Crippen LogP contribution in [0.5, 0.6) is 0 Å². The highest BCUT2D eigenvalue weighted by Crippen LogP contribution is 2.20. The first-order valence-electron chi connectivity index (χ1n) is 6.48. The van der Waals surface area contributed by atoms with Crippen molar-refractivity contribution in [3.8, 4) is 0 Å². The molecule has 2 rings (SSSR count). The van der Waals surface area contributed by atoms with E-state index in [1.165, 1.54) is 23.1 Å². The zero-order chi connectivity index (χ0) is 15.6. The van der Waals surface area contributed by atoms with Crippen LogP contribution >= 0.6 is 0 Å². The highest BCUT2D eigenvalue weighted by atomic mass is 16.6. The number of primary amides is 1. The number of hydrogen-bond acceptors (Lipinski definition) is 5. The van der Waals surface area contributed by atoms with Crippen molar-refractivity contribution in [2.24, 2.45) is 5.73 Å². The summed E-state index contributed by atoms with van der Waals surface area (Å²) in [4.78, 5) is 35.7. The van der Waals surface area contributed by atoms with E-state index in [1.54, 1.807) is 6.92 Å². The molecule has 1 aromatic rings. The Balaban J connectivity index is 2.36. The first-order valence-corrected chi connectivity index (χ1v) is 6.48. The van der Waals surface area contributed by atoms with E-state index in [2.05, 4.69) is 5.32 Å². The molecule has 2 amide bonds. The molecule has 0 spiro atoms. The average Bonchev–Trinajstić information content (AvgIpc) is 2.46. The van der Waals surface area contributed by atoms with Gasteiger partial charge in [0, 0.05) is 37.3 Å². The monoisotopic (exact) mass is 292 g/mol. The Hall–Kier alpha value is -2.48. The lowest BCUT2D eigenvalue weighted by Crippen LogP contribution is -2.58. The molecule has 0 saturated carbocycles. The maximum absolute atomic E-state index is 12.6. The molecule has 1 unspecified atom stereocenters. The predicted octanol–water partition coefficient (Wildman–Crippen LogP) is -0.197. The molecule has 8 nitrogen and oxygen atoms in total. The molecule has 1 aromatic carbocycles. The van der Waals surface area contributed by atoms with Crippen LogP contribution in [0, 0.1) is 17.0 Å². The van der Waals surface area contributed by atoms with E-state index < -0.39 is 22.8 Å². The molecule has 0 bridgehead atoms. The van der Waals surface area contributed by atoms with Crippen LogP contribution in [0.15, 0.2) is 18.2 Å². The zero-order valence-corrected chi connectivity index (χ0v) is 11.5. The normalized spacial score (nSPS) is 18.3. The van der Waals surface area contributed by atoms with Crippen molar-refractivity contribution in [3.05, 3.63) is 39.4 Å². The van der Waals surface area contributed by atoms with Crippen LogP contribution in [0.4, 0.5) is 5.69 Å². The molecule has 1 fully saturated rings. The van der Waals surface area contributed by atoms with E-state index in [1.807, 2.05) is 0 Å². The maximum atomic E-state index is 12.6. The van der Waals surface area contributed by atoms with Crippen LogP contribution in [0.25, 0.3) is 0 Å². The Labute approximate surface area is 121 Å². The maximum Gasteiger partial charge on any atom is 0.270 e. The molecular formula is C13H16N4O4. The number of carbonyl (C=O) groups excluding carboxylic acids is 2. The summed E-state index contributed by atoms with van der Waals surface area (Å²) in [5, 5.41) is 13.8. The topological polar surface area (TPSA) is 119 Å². The van der Waals surface area contributed by atoms with Crippen molar-refractivity contribution < 1.29 is 14.5 Å². The van der Waals surface area contributed by atoms with Crippen LogP contribution in [0.3, 0.4) is 0 Å². The van der Waals surface area contributed by atoms with Crippen molar-refractivity contribution in [3.63, 3.8) is 0 Å². The Kier molecular flexibility index (Phi) is 4.18. The van der Waals surface area contributed by atoms with E-state index in [0.717, 1.165) is 0 Å². The lowest BCUT2D eigenvalue weighted by atomic mass is 10.0. The van der Waals surface area contributed by atoms with Gasteiger partial charge in [0.1, 0.15) is 6.04 Å². The number of nitrogens with zero attached hydrogens (tertiary/aromatic N) is 2. The van der Waals surface area contributed by atoms with Gasteiger partial charge < -0.3 is 16.0 Å². The van der Waals surface area contributed by atoms with E-state index in [4.69, 9.17) is 5.73 Å². The second kappa shape index (κ2) is 5.88. The first-order chi connectivity index (χ1) is 9.91. The van der Waals surface area contributed by atoms with E-state index in [-0.39, 0.29) is 17.8 Å². The minimum atomic E-state index is -0.745. The van der Waals surface area contributed by atoms with E-state index in [9.17, 15) is 19.7 Å². The number of benzene rings is 1. The summed E-state index contributed by atoms with van der Waals surface area (Å²) < 4.78 is 0. The van der Waals surface area contributed by atoms with Gasteiger partial charge in [0.25, 0.3) is 11.6 Å². The standard InChI is InChI=1S/C13H16N4O4/c1-8-2-3-9(17(20)21)6-10(8)13(19)16-5-4-15-7-11(16)12(14)18/h2-3,6,11,15H,4-5,7H2,1H3,(H2,14,18). The number of nitro groups is 1. The van der Waals surface area contributed by atoms with Crippen LogP contribution in [0.1, 0.15) is 15.9 Å². The van der Waals surface area contributed by atoms with Crippen molar-refractivity contribution in [2.75, 3.05) is 19.6 Å². The Morgan fingerprint density at radius 3 is 2.81 bits per heavy atom. The molecule has 0 aliphatic carbocycles. The van der Waals surface area contributed by atoms with Gasteiger partial charge in [-0.3, -0.25) is 19.7 Å². The minimum Gasteiger partial charge on any atom is -0.368 e. The number of rotatable bonds is 3. The first kappa shape index (κ1) is 14.9. The Morgan fingerprint density at radius 1 is 1.48 bits per heavy atom. The van der Waals surface area contributed by atoms with Crippen molar-refractivity contribution >= 4 is 17.5 Å². The number of nitrogens with one attached hydrogen (secondary N) is 1. The number of aryl methyl sites for hydroxylation is 1. The highest BCUT2D eigenvalue weighted by molar-refractivity contribution is 5.99. The number of nitro benzene ring substituents is 1. The molecule has 1 saturated heterocycles. The quantitative estimate of drug-likeness (QED) is 0.591. The van der Waals surface area contributed by atoms with E-state index >= 15 is 0 Å². The van der Waals surface area contributed by atoms with E-state index in [0.29, 0.717) is 18.7 Å². The molecule has 1 heterocycles. The molecular weight excluding hydrogens is 276 g/mol. The van der Waals surface area contributed by atoms with Gasteiger partial charge in [0.15, 0.2) is 0 Å². The number of hydrogen-bond donors (Lipinski definition) is 2. The number of piperazine rings is 1. The Bertz CT molecular complexity index is 602. The summed E-state index contributed by atoms with van der Waals surface area (Å²) in [7, 11) is 0. The second-order valence-electron chi connectivity index (χ2n) is 4.88. The molecule has 112 valence electrons. The lowest BCUT2D eigenvalue weighted by molar-refractivity contribution is -0.384. The second-order valence-corrected chi connectivity index (χ2v) is 4.88. The van der Waals surface area contributed by atoms with Gasteiger partial charge in [-0.05, 0) is 12.5 Å². The molecule has 21 heavy (non-hydrogen) atoms. The van der Waals surface area contributed by atoms with Crippen molar-refractivity contribution in [1.82, 2.24) is 10.2 Å². The molecule has 0 radical (unpaired) electrons. The van der Waals surface area contributed by atoms with Crippen molar-refractivity contribution in [1.29, 1.82) is 0 Å². The summed E-state index contributed by atoms with van der Waals surface area (Å²) in [5.41, 5.74) is 5.99.